The van der Waals surface area contributed by atoms with E-state index in [4.69, 9.17) is 0 Å². The van der Waals surface area contributed by atoms with E-state index in [-0.39, 0.29) is 21.5 Å². The SMILES string of the molecule is O=C(CN1C(=O)c2ccc(Br)c(F)c2C2(CC2)C1=O)Nc1ncc(F)cn1. The molecule has 1 spiro atoms. The van der Waals surface area contributed by atoms with Crippen molar-refractivity contribution in [2.45, 2.75) is 18.3 Å². The van der Waals surface area contributed by atoms with Crippen LogP contribution in [-0.2, 0) is 15.0 Å². The third-order valence-corrected chi connectivity index (χ3v) is 5.24. The zero-order valence-corrected chi connectivity index (χ0v) is 15.2. The molecule has 2 aromatic rings. The fraction of sp³-hybridized carbons (Fsp3) is 0.235. The summed E-state index contributed by atoms with van der Waals surface area (Å²) < 4.78 is 27.6. The number of hydrogen-bond acceptors (Lipinski definition) is 5. The number of carbonyl (C=O) groups is 3. The van der Waals surface area contributed by atoms with E-state index in [2.05, 4.69) is 31.2 Å². The van der Waals surface area contributed by atoms with Gasteiger partial charge in [0.2, 0.25) is 17.8 Å². The highest BCUT2D eigenvalue weighted by atomic mass is 79.9. The lowest BCUT2D eigenvalue weighted by Crippen LogP contribution is -2.51. The monoisotopic (exact) mass is 436 g/mol. The standard InChI is InChI=1S/C17H11BrF2N4O3/c18-10-2-1-9-12(13(10)20)17(3-4-17)15(27)24(14(9)26)7-11(25)23-16-21-5-8(19)6-22-16/h1-2,5-6H,3-4,7H2,(H,21,22,23,25). The Morgan fingerprint density at radius 3 is 2.52 bits per heavy atom. The van der Waals surface area contributed by atoms with Crippen molar-refractivity contribution in [1.82, 2.24) is 14.9 Å². The molecule has 3 amide bonds. The van der Waals surface area contributed by atoms with Crippen LogP contribution >= 0.6 is 15.9 Å². The summed E-state index contributed by atoms with van der Waals surface area (Å²) in [6.07, 6.45) is 2.54. The van der Waals surface area contributed by atoms with Crippen molar-refractivity contribution in [2.75, 3.05) is 11.9 Å². The minimum atomic E-state index is -1.11. The molecule has 0 saturated heterocycles. The molecule has 0 bridgehead atoms. The number of anilines is 1. The molecule has 1 saturated carbocycles. The normalized spacial score (nSPS) is 17.1. The van der Waals surface area contributed by atoms with E-state index in [9.17, 15) is 23.2 Å². The lowest BCUT2D eigenvalue weighted by molar-refractivity contribution is -0.135. The number of aromatic nitrogens is 2. The smallest absolute Gasteiger partial charge is 0.261 e. The van der Waals surface area contributed by atoms with Gasteiger partial charge in [-0.25, -0.2) is 18.7 Å². The number of carbonyl (C=O) groups excluding carboxylic acids is 3. The molecule has 1 aromatic heterocycles. The van der Waals surface area contributed by atoms with Crippen LogP contribution in [-0.4, -0.2) is 39.1 Å². The third-order valence-electron chi connectivity index (χ3n) is 4.63. The summed E-state index contributed by atoms with van der Waals surface area (Å²) in [5, 5.41) is 2.29. The molecule has 1 aliphatic carbocycles. The predicted octanol–water partition coefficient (Wildman–Crippen LogP) is 2.17. The van der Waals surface area contributed by atoms with Crippen LogP contribution in [0.5, 0.6) is 0 Å². The molecule has 0 unspecified atom stereocenters. The second-order valence-electron chi connectivity index (χ2n) is 6.34. The second kappa shape index (κ2) is 6.15. The highest BCUT2D eigenvalue weighted by Gasteiger charge is 2.60. The van der Waals surface area contributed by atoms with Crippen LogP contribution in [0.15, 0.2) is 29.0 Å². The second-order valence-corrected chi connectivity index (χ2v) is 7.19. The fourth-order valence-electron chi connectivity index (χ4n) is 3.22. The maximum atomic E-state index is 14.6. The first kappa shape index (κ1) is 17.7. The third kappa shape index (κ3) is 2.80. The van der Waals surface area contributed by atoms with Crippen molar-refractivity contribution in [3.63, 3.8) is 0 Å². The van der Waals surface area contributed by atoms with E-state index in [1.54, 1.807) is 0 Å². The Balaban J connectivity index is 1.61. The van der Waals surface area contributed by atoms with Crippen LogP contribution in [0.25, 0.3) is 0 Å². The molecule has 27 heavy (non-hydrogen) atoms. The van der Waals surface area contributed by atoms with Gasteiger partial charge in [-0.15, -0.1) is 0 Å². The van der Waals surface area contributed by atoms with Gasteiger partial charge in [-0.3, -0.25) is 24.6 Å². The van der Waals surface area contributed by atoms with E-state index in [0.29, 0.717) is 12.8 Å². The van der Waals surface area contributed by atoms with Crippen LogP contribution in [0.4, 0.5) is 14.7 Å². The number of rotatable bonds is 3. The van der Waals surface area contributed by atoms with E-state index >= 15 is 0 Å². The summed E-state index contributed by atoms with van der Waals surface area (Å²) in [4.78, 5) is 45.7. The number of fused-ring (bicyclic) bond motifs is 2. The highest BCUT2D eigenvalue weighted by Crippen LogP contribution is 2.54. The highest BCUT2D eigenvalue weighted by molar-refractivity contribution is 9.10. The fourth-order valence-corrected chi connectivity index (χ4v) is 3.55. The average molecular weight is 437 g/mol. The first-order chi connectivity index (χ1) is 12.8. The molecule has 4 rings (SSSR count). The molecule has 2 aliphatic rings. The molecular weight excluding hydrogens is 426 g/mol. The molecule has 0 radical (unpaired) electrons. The quantitative estimate of drug-likeness (QED) is 0.744. The maximum absolute atomic E-state index is 14.6. The number of nitrogens with zero attached hydrogens (tertiary/aromatic N) is 3. The Kier molecular flexibility index (Phi) is 4.02. The van der Waals surface area contributed by atoms with Gasteiger partial charge in [0.05, 0.1) is 22.3 Å². The molecule has 7 nitrogen and oxygen atoms in total. The lowest BCUT2D eigenvalue weighted by Gasteiger charge is -2.32. The molecule has 138 valence electrons. The Bertz CT molecular complexity index is 992. The Morgan fingerprint density at radius 2 is 1.89 bits per heavy atom. The van der Waals surface area contributed by atoms with Crippen LogP contribution < -0.4 is 5.32 Å². The summed E-state index contributed by atoms with van der Waals surface area (Å²) in [5.41, 5.74) is -0.951. The largest absolute Gasteiger partial charge is 0.293 e. The molecule has 10 heteroatoms. The van der Waals surface area contributed by atoms with Gasteiger partial charge in [0.1, 0.15) is 12.4 Å². The molecule has 1 aliphatic heterocycles. The van der Waals surface area contributed by atoms with E-state index in [1.807, 2.05) is 0 Å². The number of benzene rings is 1. The number of imide groups is 1. The zero-order valence-electron chi connectivity index (χ0n) is 13.6. The van der Waals surface area contributed by atoms with Gasteiger partial charge in [-0.1, -0.05) is 0 Å². The van der Waals surface area contributed by atoms with E-state index in [0.717, 1.165) is 17.3 Å². The van der Waals surface area contributed by atoms with Crippen molar-refractivity contribution in [3.05, 3.63) is 51.8 Å². The zero-order chi connectivity index (χ0) is 19.3. The Hall–Kier alpha value is -2.75. The topological polar surface area (TPSA) is 92.3 Å². The Labute approximate surface area is 159 Å². The van der Waals surface area contributed by atoms with Crippen LogP contribution in [0, 0.1) is 11.6 Å². The summed E-state index contributed by atoms with van der Waals surface area (Å²) in [6.45, 7) is -0.572. The number of amides is 3. The Morgan fingerprint density at radius 1 is 1.22 bits per heavy atom. The van der Waals surface area contributed by atoms with Gasteiger partial charge in [0.15, 0.2) is 5.82 Å². The van der Waals surface area contributed by atoms with Crippen LogP contribution in [0.3, 0.4) is 0 Å². The molecule has 2 heterocycles. The molecular formula is C17H11BrF2N4O3. The summed E-state index contributed by atoms with van der Waals surface area (Å²) in [5.74, 6) is -3.53. The van der Waals surface area contributed by atoms with Crippen molar-refractivity contribution in [1.29, 1.82) is 0 Å². The van der Waals surface area contributed by atoms with E-state index in [1.165, 1.54) is 12.1 Å². The van der Waals surface area contributed by atoms with Crippen molar-refractivity contribution in [3.8, 4) is 0 Å². The number of halogens is 3. The minimum absolute atomic E-state index is 0.0682. The lowest BCUT2D eigenvalue weighted by atomic mass is 9.85. The van der Waals surface area contributed by atoms with Gasteiger partial charge in [-0.05, 0) is 40.9 Å². The molecule has 0 atom stereocenters. The van der Waals surface area contributed by atoms with Gasteiger partial charge in [0.25, 0.3) is 5.91 Å². The first-order valence-electron chi connectivity index (χ1n) is 7.96. The predicted molar refractivity (Wildman–Crippen MR) is 91.7 cm³/mol. The van der Waals surface area contributed by atoms with Crippen LogP contribution in [0.2, 0.25) is 0 Å². The van der Waals surface area contributed by atoms with Crippen LogP contribution in [0.1, 0.15) is 28.8 Å². The van der Waals surface area contributed by atoms with Gasteiger partial charge in [0, 0.05) is 11.1 Å². The van der Waals surface area contributed by atoms with Gasteiger partial charge < -0.3 is 0 Å². The minimum Gasteiger partial charge on any atom is -0.293 e. The summed E-state index contributed by atoms with van der Waals surface area (Å²) in [7, 11) is 0. The van der Waals surface area contributed by atoms with Crippen molar-refractivity contribution in [2.24, 2.45) is 0 Å². The summed E-state index contributed by atoms with van der Waals surface area (Å²) >= 11 is 3.08. The van der Waals surface area contributed by atoms with Crippen molar-refractivity contribution >= 4 is 39.6 Å². The average Bonchev–Trinajstić information content (AvgIpc) is 3.43. The first-order valence-corrected chi connectivity index (χ1v) is 8.75. The maximum Gasteiger partial charge on any atom is 0.261 e. The molecule has 1 fully saturated rings. The van der Waals surface area contributed by atoms with E-state index < -0.39 is 41.3 Å². The van der Waals surface area contributed by atoms with Gasteiger partial charge >= 0.3 is 0 Å². The van der Waals surface area contributed by atoms with Crippen molar-refractivity contribution < 1.29 is 23.2 Å². The summed E-state index contributed by atoms with van der Waals surface area (Å²) in [6, 6.07) is 2.83. The molecule has 1 aromatic carbocycles. The number of nitrogens with one attached hydrogen (secondary N) is 1. The number of hydrogen-bond donors (Lipinski definition) is 1. The van der Waals surface area contributed by atoms with Gasteiger partial charge in [-0.2, -0.15) is 0 Å². The molecule has 1 N–H and O–H groups in total.